The van der Waals surface area contributed by atoms with Crippen LogP contribution in [0.25, 0.3) is 10.9 Å². The summed E-state index contributed by atoms with van der Waals surface area (Å²) in [4.78, 5) is 23.1. The maximum Gasteiger partial charge on any atom is 0.287 e. The first-order chi connectivity index (χ1) is 11.2. The molecule has 1 fully saturated rings. The Hall–Kier alpha value is -1.75. The van der Waals surface area contributed by atoms with Gasteiger partial charge in [-0.05, 0) is 24.1 Å². The number of carbonyl (C=O) groups excluding carboxylic acids is 2. The Kier molecular flexibility index (Phi) is 5.06. The molecule has 0 spiro atoms. The van der Waals surface area contributed by atoms with E-state index in [2.05, 4.69) is 35.1 Å². The second-order valence-electron chi connectivity index (χ2n) is 6.03. The standard InChI is InChI=1S/C18H22N2O2S/c1-2-3-4-5-10-20-11-9-14-13(7-6-8-16(14)20)12-15-17(21)23-18(22)19-15/h6-9,11,15H,2-5,10,12H2,1H3,(H,19,22). The van der Waals surface area contributed by atoms with Crippen molar-refractivity contribution in [2.24, 2.45) is 0 Å². The van der Waals surface area contributed by atoms with E-state index in [0.29, 0.717) is 6.42 Å². The van der Waals surface area contributed by atoms with Crippen molar-refractivity contribution in [1.82, 2.24) is 9.88 Å². The van der Waals surface area contributed by atoms with Gasteiger partial charge in [0.15, 0.2) is 0 Å². The molecule has 1 aromatic heterocycles. The van der Waals surface area contributed by atoms with Gasteiger partial charge in [0.2, 0.25) is 5.12 Å². The van der Waals surface area contributed by atoms with Gasteiger partial charge in [-0.3, -0.25) is 9.59 Å². The number of aromatic nitrogens is 1. The van der Waals surface area contributed by atoms with Crippen LogP contribution in [0.1, 0.15) is 38.2 Å². The molecule has 1 aliphatic heterocycles. The van der Waals surface area contributed by atoms with Crippen molar-refractivity contribution in [3.63, 3.8) is 0 Å². The lowest BCUT2D eigenvalue weighted by atomic mass is 10.0. The number of benzene rings is 1. The minimum Gasteiger partial charge on any atom is -0.347 e. The van der Waals surface area contributed by atoms with E-state index in [9.17, 15) is 9.59 Å². The fourth-order valence-electron chi connectivity index (χ4n) is 3.12. The summed E-state index contributed by atoms with van der Waals surface area (Å²) in [7, 11) is 0. The minimum absolute atomic E-state index is 0.0778. The summed E-state index contributed by atoms with van der Waals surface area (Å²) in [6.07, 6.45) is 7.67. The van der Waals surface area contributed by atoms with Gasteiger partial charge in [-0.2, -0.15) is 0 Å². The van der Waals surface area contributed by atoms with Gasteiger partial charge in [0.05, 0.1) is 0 Å². The molecule has 2 aromatic rings. The Bertz CT molecular complexity index is 723. The first-order valence-corrected chi connectivity index (χ1v) is 9.09. The number of fused-ring (bicyclic) bond motifs is 1. The molecule has 1 saturated heterocycles. The summed E-state index contributed by atoms with van der Waals surface area (Å²) in [6, 6.07) is 7.94. The number of nitrogens with zero attached hydrogens (tertiary/aromatic N) is 1. The molecule has 0 bridgehead atoms. The third kappa shape index (κ3) is 3.61. The molecule has 1 aromatic carbocycles. The van der Waals surface area contributed by atoms with Gasteiger partial charge in [-0.1, -0.05) is 38.3 Å². The van der Waals surface area contributed by atoms with Crippen molar-refractivity contribution in [1.29, 1.82) is 0 Å². The van der Waals surface area contributed by atoms with Crippen LogP contribution in [0.3, 0.4) is 0 Å². The number of amides is 1. The lowest BCUT2D eigenvalue weighted by Crippen LogP contribution is -2.30. The number of hydrogen-bond acceptors (Lipinski definition) is 3. The van der Waals surface area contributed by atoms with E-state index in [1.807, 2.05) is 12.1 Å². The van der Waals surface area contributed by atoms with Crippen LogP contribution in [0.4, 0.5) is 4.79 Å². The van der Waals surface area contributed by atoms with Gasteiger partial charge in [0.1, 0.15) is 6.04 Å². The molecule has 0 radical (unpaired) electrons. The zero-order chi connectivity index (χ0) is 16.2. The molecular formula is C18H22N2O2S. The van der Waals surface area contributed by atoms with Crippen LogP contribution in [0.5, 0.6) is 0 Å². The van der Waals surface area contributed by atoms with Crippen LogP contribution in [0.2, 0.25) is 0 Å². The summed E-state index contributed by atoms with van der Waals surface area (Å²) >= 11 is 0.780. The Morgan fingerprint density at radius 3 is 2.78 bits per heavy atom. The summed E-state index contributed by atoms with van der Waals surface area (Å²) < 4.78 is 2.29. The van der Waals surface area contributed by atoms with E-state index >= 15 is 0 Å². The largest absolute Gasteiger partial charge is 0.347 e. The number of hydrogen-bond donors (Lipinski definition) is 1. The number of aryl methyl sites for hydroxylation is 1. The van der Waals surface area contributed by atoms with Crippen molar-refractivity contribution in [2.45, 2.75) is 51.6 Å². The maximum atomic E-state index is 11.8. The van der Waals surface area contributed by atoms with E-state index in [-0.39, 0.29) is 10.4 Å². The molecule has 0 saturated carbocycles. The van der Waals surface area contributed by atoms with E-state index in [1.165, 1.54) is 36.6 Å². The summed E-state index contributed by atoms with van der Waals surface area (Å²) in [5.74, 6) is 0. The highest BCUT2D eigenvalue weighted by Crippen LogP contribution is 2.25. The van der Waals surface area contributed by atoms with Crippen molar-refractivity contribution in [3.05, 3.63) is 36.0 Å². The van der Waals surface area contributed by atoms with Gasteiger partial charge in [-0.25, -0.2) is 0 Å². The molecule has 0 aliphatic carbocycles. The topological polar surface area (TPSA) is 51.1 Å². The van der Waals surface area contributed by atoms with Crippen LogP contribution in [-0.4, -0.2) is 21.0 Å². The Morgan fingerprint density at radius 2 is 2.04 bits per heavy atom. The number of carbonyl (C=O) groups is 2. The Labute approximate surface area is 140 Å². The van der Waals surface area contributed by atoms with Gasteiger partial charge in [0, 0.05) is 41.8 Å². The molecular weight excluding hydrogens is 308 g/mol. The molecule has 4 nitrogen and oxygen atoms in total. The third-order valence-corrected chi connectivity index (χ3v) is 5.14. The number of thioether (sulfide) groups is 1. The molecule has 3 rings (SSSR count). The van der Waals surface area contributed by atoms with Crippen LogP contribution < -0.4 is 5.32 Å². The number of rotatable bonds is 7. The Morgan fingerprint density at radius 1 is 1.17 bits per heavy atom. The molecule has 1 amide bonds. The molecule has 1 N–H and O–H groups in total. The Balaban J connectivity index is 1.76. The maximum absolute atomic E-state index is 11.8. The second-order valence-corrected chi connectivity index (χ2v) is 7.01. The van der Waals surface area contributed by atoms with E-state index in [0.717, 1.165) is 23.9 Å². The van der Waals surface area contributed by atoms with Crippen LogP contribution >= 0.6 is 11.8 Å². The van der Waals surface area contributed by atoms with E-state index in [4.69, 9.17) is 0 Å². The third-order valence-electron chi connectivity index (χ3n) is 4.35. The van der Waals surface area contributed by atoms with Gasteiger partial charge < -0.3 is 9.88 Å². The van der Waals surface area contributed by atoms with Crippen molar-refractivity contribution in [2.75, 3.05) is 0 Å². The highest BCUT2D eigenvalue weighted by Gasteiger charge is 2.31. The first kappa shape index (κ1) is 16.1. The van der Waals surface area contributed by atoms with Gasteiger partial charge in [0.25, 0.3) is 5.24 Å². The number of nitrogens with one attached hydrogen (secondary N) is 1. The van der Waals surface area contributed by atoms with Crippen molar-refractivity contribution < 1.29 is 9.59 Å². The summed E-state index contributed by atoms with van der Waals surface area (Å²) in [5, 5.41) is 3.61. The molecule has 1 atom stereocenters. The van der Waals surface area contributed by atoms with Gasteiger partial charge >= 0.3 is 0 Å². The zero-order valence-electron chi connectivity index (χ0n) is 13.4. The smallest absolute Gasteiger partial charge is 0.287 e. The van der Waals surface area contributed by atoms with E-state index in [1.54, 1.807) is 0 Å². The van der Waals surface area contributed by atoms with Crippen LogP contribution in [0, 0.1) is 0 Å². The molecule has 23 heavy (non-hydrogen) atoms. The van der Waals surface area contributed by atoms with Crippen molar-refractivity contribution >= 4 is 33.0 Å². The fraction of sp³-hybridized carbons (Fsp3) is 0.444. The minimum atomic E-state index is -0.397. The molecule has 5 heteroatoms. The lowest BCUT2D eigenvalue weighted by Gasteiger charge is -2.10. The molecule has 122 valence electrons. The molecule has 2 heterocycles. The molecule has 1 unspecified atom stereocenters. The lowest BCUT2D eigenvalue weighted by molar-refractivity contribution is -0.112. The predicted octanol–water partition coefficient (Wildman–Crippen LogP) is 4.12. The van der Waals surface area contributed by atoms with Crippen LogP contribution in [-0.2, 0) is 17.8 Å². The highest BCUT2D eigenvalue weighted by atomic mass is 32.2. The van der Waals surface area contributed by atoms with Crippen molar-refractivity contribution in [3.8, 4) is 0 Å². The summed E-state index contributed by atoms with van der Waals surface area (Å²) in [5.41, 5.74) is 2.33. The summed E-state index contributed by atoms with van der Waals surface area (Å²) in [6.45, 7) is 3.25. The monoisotopic (exact) mass is 330 g/mol. The highest BCUT2D eigenvalue weighted by molar-refractivity contribution is 8.26. The quantitative estimate of drug-likeness (QED) is 0.777. The zero-order valence-corrected chi connectivity index (χ0v) is 14.2. The SMILES string of the molecule is CCCCCCn1ccc2c(CC3NC(=O)SC3=O)cccc21. The van der Waals surface area contributed by atoms with Crippen LogP contribution in [0.15, 0.2) is 30.5 Å². The fourth-order valence-corrected chi connectivity index (χ4v) is 3.78. The average Bonchev–Trinajstić information content (AvgIpc) is 3.08. The predicted molar refractivity (Wildman–Crippen MR) is 94.7 cm³/mol. The van der Waals surface area contributed by atoms with E-state index < -0.39 is 6.04 Å². The van der Waals surface area contributed by atoms with Gasteiger partial charge in [-0.15, -0.1) is 0 Å². The number of unbranched alkanes of at least 4 members (excludes halogenated alkanes) is 3. The second kappa shape index (κ2) is 7.21. The average molecular weight is 330 g/mol. The normalized spacial score (nSPS) is 17.9. The molecule has 1 aliphatic rings. The first-order valence-electron chi connectivity index (χ1n) is 8.28.